The molecule has 1 amide bonds. The van der Waals surface area contributed by atoms with Crippen LogP contribution in [-0.2, 0) is 11.3 Å². The van der Waals surface area contributed by atoms with E-state index in [0.29, 0.717) is 6.42 Å². The lowest BCUT2D eigenvalue weighted by Crippen LogP contribution is -2.35. The molecule has 3 heterocycles. The van der Waals surface area contributed by atoms with E-state index < -0.39 is 0 Å². The van der Waals surface area contributed by atoms with E-state index in [1.807, 2.05) is 18.5 Å². The summed E-state index contributed by atoms with van der Waals surface area (Å²) in [5.41, 5.74) is 2.28. The maximum absolute atomic E-state index is 11.1. The van der Waals surface area contributed by atoms with Crippen molar-refractivity contribution in [1.82, 2.24) is 20.0 Å². The van der Waals surface area contributed by atoms with Gasteiger partial charge in [-0.1, -0.05) is 0 Å². The average molecular weight is 264 g/mol. The molecule has 0 aromatic carbocycles. The van der Waals surface area contributed by atoms with Crippen molar-refractivity contribution < 1.29 is 4.79 Å². The van der Waals surface area contributed by atoms with E-state index >= 15 is 0 Å². The molecule has 6 heteroatoms. The Hall–Kier alpha value is -1.40. The van der Waals surface area contributed by atoms with Crippen LogP contribution in [-0.4, -0.2) is 27.9 Å². The summed E-state index contributed by atoms with van der Waals surface area (Å²) in [6.07, 6.45) is 3.65. The van der Waals surface area contributed by atoms with Crippen molar-refractivity contribution in [2.45, 2.75) is 32.4 Å². The number of thiazole rings is 1. The highest BCUT2D eigenvalue weighted by atomic mass is 32.1. The molecule has 5 nitrogen and oxygen atoms in total. The molecule has 1 saturated heterocycles. The predicted molar refractivity (Wildman–Crippen MR) is 70.7 cm³/mol. The summed E-state index contributed by atoms with van der Waals surface area (Å²) in [6, 6.07) is 0.281. The molecule has 2 N–H and O–H groups in total. The second-order valence-corrected chi connectivity index (χ2v) is 5.51. The van der Waals surface area contributed by atoms with Crippen molar-refractivity contribution in [2.75, 3.05) is 6.54 Å². The van der Waals surface area contributed by atoms with E-state index in [1.165, 1.54) is 5.69 Å². The molecular formula is C12H16N4OS. The van der Waals surface area contributed by atoms with Crippen molar-refractivity contribution in [3.8, 4) is 0 Å². The number of fused-ring (bicyclic) bond motifs is 1. The van der Waals surface area contributed by atoms with Gasteiger partial charge in [-0.05, 0) is 13.3 Å². The Morgan fingerprint density at radius 1 is 1.67 bits per heavy atom. The quantitative estimate of drug-likeness (QED) is 0.868. The Bertz CT molecular complexity index is 574. The van der Waals surface area contributed by atoms with Crippen molar-refractivity contribution in [2.24, 2.45) is 0 Å². The molecule has 0 saturated carbocycles. The fourth-order valence-corrected chi connectivity index (χ4v) is 3.13. The van der Waals surface area contributed by atoms with Gasteiger partial charge in [-0.25, -0.2) is 4.98 Å². The van der Waals surface area contributed by atoms with Crippen molar-refractivity contribution in [3.63, 3.8) is 0 Å². The molecule has 1 unspecified atom stereocenters. The van der Waals surface area contributed by atoms with Crippen LogP contribution in [0, 0.1) is 6.92 Å². The average Bonchev–Trinajstić information content (AvgIpc) is 2.99. The zero-order valence-electron chi connectivity index (χ0n) is 10.3. The number of carbonyl (C=O) groups is 1. The van der Waals surface area contributed by atoms with E-state index in [1.54, 1.807) is 11.3 Å². The number of nitrogens with zero attached hydrogens (tertiary/aromatic N) is 2. The van der Waals surface area contributed by atoms with Crippen LogP contribution in [0.25, 0.3) is 4.96 Å². The van der Waals surface area contributed by atoms with Gasteiger partial charge in [0.05, 0.1) is 11.4 Å². The number of aromatic nitrogens is 2. The predicted octanol–water partition coefficient (Wildman–Crippen LogP) is 1.07. The maximum atomic E-state index is 11.1. The van der Waals surface area contributed by atoms with Crippen molar-refractivity contribution in [1.29, 1.82) is 0 Å². The number of aryl methyl sites for hydroxylation is 1. The Labute approximate surface area is 109 Å². The number of nitrogens with one attached hydrogen (secondary N) is 2. The summed E-state index contributed by atoms with van der Waals surface area (Å²) in [6.45, 7) is 3.65. The van der Waals surface area contributed by atoms with Gasteiger partial charge >= 0.3 is 0 Å². The summed E-state index contributed by atoms with van der Waals surface area (Å²) in [5.74, 6) is 0.169. The molecule has 1 aliphatic rings. The Kier molecular flexibility index (Phi) is 3.05. The zero-order chi connectivity index (χ0) is 12.5. The summed E-state index contributed by atoms with van der Waals surface area (Å²) >= 11 is 1.65. The van der Waals surface area contributed by atoms with Crippen LogP contribution in [0.3, 0.4) is 0 Å². The van der Waals surface area contributed by atoms with Crippen LogP contribution in [0.15, 0.2) is 11.6 Å². The fourth-order valence-electron chi connectivity index (χ4n) is 2.35. The lowest BCUT2D eigenvalue weighted by atomic mass is 10.2. The van der Waals surface area contributed by atoms with Gasteiger partial charge in [0.15, 0.2) is 4.96 Å². The van der Waals surface area contributed by atoms with Crippen LogP contribution >= 0.6 is 11.3 Å². The van der Waals surface area contributed by atoms with Crippen LogP contribution in [0.2, 0.25) is 0 Å². The minimum atomic E-state index is 0.169. The molecule has 2 aromatic heterocycles. The van der Waals surface area contributed by atoms with E-state index in [9.17, 15) is 4.79 Å². The molecule has 0 aliphatic carbocycles. The van der Waals surface area contributed by atoms with Gasteiger partial charge in [-0.3, -0.25) is 9.20 Å². The van der Waals surface area contributed by atoms with Crippen molar-refractivity contribution in [3.05, 3.63) is 23.0 Å². The molecule has 1 fully saturated rings. The normalized spacial score (nSPS) is 19.6. The van der Waals surface area contributed by atoms with Gasteiger partial charge in [0.2, 0.25) is 5.91 Å². The lowest BCUT2D eigenvalue weighted by molar-refractivity contribution is -0.119. The third-order valence-electron chi connectivity index (χ3n) is 3.33. The van der Waals surface area contributed by atoms with Crippen LogP contribution in [0.1, 0.15) is 24.2 Å². The summed E-state index contributed by atoms with van der Waals surface area (Å²) < 4.78 is 2.13. The Morgan fingerprint density at radius 2 is 2.56 bits per heavy atom. The van der Waals surface area contributed by atoms with Gasteiger partial charge < -0.3 is 10.6 Å². The van der Waals surface area contributed by atoms with Crippen LogP contribution in [0.4, 0.5) is 0 Å². The smallest absolute Gasteiger partial charge is 0.220 e. The highest BCUT2D eigenvalue weighted by molar-refractivity contribution is 7.15. The molecule has 18 heavy (non-hydrogen) atoms. The van der Waals surface area contributed by atoms with Crippen LogP contribution < -0.4 is 10.6 Å². The number of amides is 1. The van der Waals surface area contributed by atoms with E-state index in [-0.39, 0.29) is 11.9 Å². The van der Waals surface area contributed by atoms with Gasteiger partial charge in [0, 0.05) is 37.1 Å². The summed E-state index contributed by atoms with van der Waals surface area (Å²) in [4.78, 5) is 16.6. The third-order valence-corrected chi connectivity index (χ3v) is 4.09. The molecule has 3 rings (SSSR count). The highest BCUT2D eigenvalue weighted by Gasteiger charge is 2.20. The monoisotopic (exact) mass is 264 g/mol. The first kappa shape index (κ1) is 11.7. The number of carbonyl (C=O) groups excluding carboxylic acids is 1. The Morgan fingerprint density at radius 3 is 3.33 bits per heavy atom. The lowest BCUT2D eigenvalue weighted by Gasteiger charge is -2.11. The SMILES string of the molecule is Cc1nc2sccn2c1CNCC1CCC(=O)N1. The van der Waals surface area contributed by atoms with Crippen LogP contribution in [0.5, 0.6) is 0 Å². The number of imidazole rings is 1. The second-order valence-electron chi connectivity index (χ2n) is 4.63. The number of hydrogen-bond acceptors (Lipinski definition) is 4. The summed E-state index contributed by atoms with van der Waals surface area (Å²) in [7, 11) is 0. The zero-order valence-corrected chi connectivity index (χ0v) is 11.1. The summed E-state index contributed by atoms with van der Waals surface area (Å²) in [5, 5.41) is 8.41. The first-order valence-electron chi connectivity index (χ1n) is 6.15. The second kappa shape index (κ2) is 4.70. The Balaban J connectivity index is 1.61. The van der Waals surface area contributed by atoms with Gasteiger partial charge in [0.25, 0.3) is 0 Å². The molecule has 0 spiro atoms. The molecule has 0 radical (unpaired) electrons. The molecule has 0 bridgehead atoms. The van der Waals surface area contributed by atoms with Crippen molar-refractivity contribution >= 4 is 22.2 Å². The van der Waals surface area contributed by atoms with Gasteiger partial charge in [-0.2, -0.15) is 0 Å². The highest BCUT2D eigenvalue weighted by Crippen LogP contribution is 2.16. The molecular weight excluding hydrogens is 248 g/mol. The number of hydrogen-bond donors (Lipinski definition) is 2. The maximum Gasteiger partial charge on any atom is 0.220 e. The number of rotatable bonds is 4. The fraction of sp³-hybridized carbons (Fsp3) is 0.500. The standard InChI is InChI=1S/C12H16N4OS/c1-8-10(16-4-5-18-12(16)14-8)7-13-6-9-2-3-11(17)15-9/h4-5,9,13H,2-3,6-7H2,1H3,(H,15,17). The first-order chi connectivity index (χ1) is 8.74. The van der Waals surface area contributed by atoms with E-state index in [2.05, 4.69) is 20.0 Å². The topological polar surface area (TPSA) is 58.4 Å². The van der Waals surface area contributed by atoms with E-state index in [0.717, 1.165) is 30.2 Å². The minimum absolute atomic E-state index is 0.169. The van der Waals surface area contributed by atoms with Gasteiger partial charge in [-0.15, -0.1) is 11.3 Å². The molecule has 2 aromatic rings. The first-order valence-corrected chi connectivity index (χ1v) is 7.03. The molecule has 1 atom stereocenters. The minimum Gasteiger partial charge on any atom is -0.352 e. The third kappa shape index (κ3) is 2.13. The molecule has 1 aliphatic heterocycles. The van der Waals surface area contributed by atoms with Gasteiger partial charge in [0.1, 0.15) is 0 Å². The largest absolute Gasteiger partial charge is 0.352 e. The molecule has 96 valence electrons. The van der Waals surface area contributed by atoms with E-state index in [4.69, 9.17) is 0 Å².